The molecule has 0 aliphatic carbocycles. The normalized spacial score (nSPS) is 14.4. The Bertz CT molecular complexity index is 1360. The molecule has 2 aromatic carbocycles. The largest absolute Gasteiger partial charge is 0.497 e. The number of nitrogens with one attached hydrogen (secondary N) is 1. The number of amidine groups is 1. The molecule has 0 spiro atoms. The maximum atomic E-state index is 13.4. The molecule has 0 fully saturated rings. The van der Waals surface area contributed by atoms with Crippen molar-refractivity contribution >= 4 is 40.4 Å². The highest BCUT2D eigenvalue weighted by Crippen LogP contribution is 2.32. The number of thioether (sulfide) groups is 1. The van der Waals surface area contributed by atoms with Gasteiger partial charge in [0.2, 0.25) is 5.78 Å². The van der Waals surface area contributed by atoms with Crippen molar-refractivity contribution in [2.24, 2.45) is 12.0 Å². The Labute approximate surface area is 198 Å². The van der Waals surface area contributed by atoms with Gasteiger partial charge in [-0.2, -0.15) is 0 Å². The van der Waals surface area contributed by atoms with E-state index >= 15 is 0 Å². The smallest absolute Gasteiger partial charge is 0.438 e. The summed E-state index contributed by atoms with van der Waals surface area (Å²) in [5, 5.41) is 2.62. The number of aliphatic imine (C=N–C) groups is 1. The van der Waals surface area contributed by atoms with Crippen LogP contribution < -0.4 is 24.7 Å². The molecule has 1 N–H and O–H groups in total. The molecule has 4 rings (SSSR count). The minimum atomic E-state index is -0.761. The molecule has 0 saturated heterocycles. The standard InChI is InChI=1S/C23H20N4O6S/c1-26-20(22(30)33-25-26)18(28)13-34-23-24-17(21(29)27(23)15-7-5-4-6-8-15)12-14-11-16(31-2)9-10-19(14)32-3/h4-12H,13H2,1-3H3/p+1/b17-12+. The number of ether oxygens (including phenoxy) is 2. The van der Waals surface area contributed by atoms with Crippen LogP contribution in [0.1, 0.15) is 16.1 Å². The number of rotatable bonds is 7. The maximum absolute atomic E-state index is 13.4. The fraction of sp³-hybridized carbons (Fsp3) is 0.174. The van der Waals surface area contributed by atoms with Crippen molar-refractivity contribution in [1.29, 1.82) is 0 Å². The first-order valence-corrected chi connectivity index (χ1v) is 11.1. The van der Waals surface area contributed by atoms with E-state index in [2.05, 4.69) is 14.8 Å². The minimum absolute atomic E-state index is 0.123. The molecular weight excluding hydrogens is 460 g/mol. The van der Waals surface area contributed by atoms with Crippen LogP contribution in [0, 0.1) is 0 Å². The Morgan fingerprint density at radius 3 is 2.59 bits per heavy atom. The lowest BCUT2D eigenvalue weighted by atomic mass is 10.1. The van der Waals surface area contributed by atoms with Gasteiger partial charge in [-0.1, -0.05) is 34.6 Å². The second-order valence-corrected chi connectivity index (χ2v) is 8.05. The van der Waals surface area contributed by atoms with Crippen molar-refractivity contribution in [2.45, 2.75) is 0 Å². The predicted molar refractivity (Wildman–Crippen MR) is 126 cm³/mol. The number of aryl methyl sites for hydroxylation is 1. The molecule has 1 aliphatic rings. The number of aromatic amines is 1. The number of nitrogens with zero attached hydrogens (tertiary/aromatic N) is 3. The van der Waals surface area contributed by atoms with Gasteiger partial charge in [-0.05, 0) is 41.7 Å². The van der Waals surface area contributed by atoms with Gasteiger partial charge in [0.25, 0.3) is 5.91 Å². The van der Waals surface area contributed by atoms with Gasteiger partial charge in [0.1, 0.15) is 17.2 Å². The number of amides is 1. The van der Waals surface area contributed by atoms with Crippen LogP contribution in [0.4, 0.5) is 5.69 Å². The summed E-state index contributed by atoms with van der Waals surface area (Å²) in [6.07, 6.45) is 1.61. The first-order chi connectivity index (χ1) is 16.4. The number of benzene rings is 2. The van der Waals surface area contributed by atoms with Gasteiger partial charge >= 0.3 is 11.3 Å². The van der Waals surface area contributed by atoms with Crippen LogP contribution in [-0.4, -0.2) is 42.1 Å². The lowest BCUT2D eigenvalue weighted by molar-refractivity contribution is -0.741. The van der Waals surface area contributed by atoms with Crippen LogP contribution in [0.3, 0.4) is 0 Å². The summed E-state index contributed by atoms with van der Waals surface area (Å²) in [4.78, 5) is 43.7. The summed E-state index contributed by atoms with van der Waals surface area (Å²) >= 11 is 1.05. The minimum Gasteiger partial charge on any atom is -0.497 e. The van der Waals surface area contributed by atoms with Gasteiger partial charge in [-0.3, -0.25) is 19.0 Å². The van der Waals surface area contributed by atoms with Crippen LogP contribution in [0.15, 0.2) is 68.5 Å². The number of anilines is 1. The topological polar surface area (TPSA) is 118 Å². The Balaban J connectivity index is 1.69. The Morgan fingerprint density at radius 1 is 1.18 bits per heavy atom. The number of hydrogen-bond donors (Lipinski definition) is 1. The number of hydrogen-bond acceptors (Lipinski definition) is 8. The van der Waals surface area contributed by atoms with Gasteiger partial charge in [0, 0.05) is 5.56 Å². The summed E-state index contributed by atoms with van der Waals surface area (Å²) in [5.74, 6) is 0.197. The molecule has 0 atom stereocenters. The van der Waals surface area contributed by atoms with Crippen molar-refractivity contribution < 1.29 is 28.3 Å². The van der Waals surface area contributed by atoms with E-state index in [9.17, 15) is 14.4 Å². The van der Waals surface area contributed by atoms with E-state index < -0.39 is 11.4 Å². The number of H-pyrrole nitrogens is 1. The molecule has 0 unspecified atom stereocenters. The molecule has 11 heteroatoms. The van der Waals surface area contributed by atoms with Crippen molar-refractivity contribution in [1.82, 2.24) is 5.27 Å². The Hall–Kier alpha value is -4.12. The molecule has 0 saturated carbocycles. The number of Topliss-reactive ketones (excluding diaryl/α,β-unsaturated/α-hetero) is 1. The monoisotopic (exact) mass is 481 g/mol. The highest BCUT2D eigenvalue weighted by Gasteiger charge is 2.34. The lowest BCUT2D eigenvalue weighted by Crippen LogP contribution is -2.40. The molecule has 34 heavy (non-hydrogen) atoms. The molecule has 2 heterocycles. The van der Waals surface area contributed by atoms with Gasteiger partial charge in [0.15, 0.2) is 12.2 Å². The summed E-state index contributed by atoms with van der Waals surface area (Å²) in [6.45, 7) is 0. The van der Waals surface area contributed by atoms with Crippen LogP contribution in [0.2, 0.25) is 0 Å². The van der Waals surface area contributed by atoms with Crippen molar-refractivity contribution in [2.75, 3.05) is 24.9 Å². The fourth-order valence-electron chi connectivity index (χ4n) is 3.34. The molecule has 10 nitrogen and oxygen atoms in total. The second kappa shape index (κ2) is 9.79. The molecule has 1 aromatic heterocycles. The fourth-order valence-corrected chi connectivity index (χ4v) is 4.21. The van der Waals surface area contributed by atoms with Crippen LogP contribution in [0.25, 0.3) is 6.08 Å². The van der Waals surface area contributed by atoms with E-state index in [4.69, 9.17) is 9.47 Å². The van der Waals surface area contributed by atoms with E-state index in [0.717, 1.165) is 11.8 Å². The second-order valence-electron chi connectivity index (χ2n) is 7.11. The highest BCUT2D eigenvalue weighted by atomic mass is 32.2. The van der Waals surface area contributed by atoms with E-state index in [1.54, 1.807) is 55.7 Å². The van der Waals surface area contributed by atoms with Gasteiger partial charge in [-0.15, -0.1) is 0 Å². The molecule has 3 aromatic rings. The third kappa shape index (κ3) is 4.50. The molecular formula is C23H21N4O6S+. The third-order valence-corrected chi connectivity index (χ3v) is 5.91. The van der Waals surface area contributed by atoms with Gasteiger partial charge in [0.05, 0.1) is 25.7 Å². The van der Waals surface area contributed by atoms with Gasteiger partial charge < -0.3 is 9.47 Å². The van der Waals surface area contributed by atoms with Crippen LogP contribution >= 0.6 is 11.8 Å². The first-order valence-electron chi connectivity index (χ1n) is 10.1. The summed E-state index contributed by atoms with van der Waals surface area (Å²) in [6, 6.07) is 14.2. The zero-order valence-corrected chi connectivity index (χ0v) is 19.4. The summed E-state index contributed by atoms with van der Waals surface area (Å²) in [5.41, 5.74) is 0.487. The molecule has 1 amide bonds. The van der Waals surface area contributed by atoms with Crippen LogP contribution in [-0.2, 0) is 11.8 Å². The van der Waals surface area contributed by atoms with Crippen molar-refractivity contribution in [3.8, 4) is 11.5 Å². The number of carbonyl (C=O) groups is 2. The molecule has 174 valence electrons. The lowest BCUT2D eigenvalue weighted by Gasteiger charge is -2.17. The highest BCUT2D eigenvalue weighted by molar-refractivity contribution is 8.14. The van der Waals surface area contributed by atoms with E-state index in [0.29, 0.717) is 27.9 Å². The summed E-state index contributed by atoms with van der Waals surface area (Å²) < 4.78 is 16.5. The maximum Gasteiger partial charge on any atom is 0.438 e. The SMILES string of the molecule is COc1ccc(OC)c(/C=C2/N=C(SCC(=O)c3c(=O)o[nH][n+]3C)N(c3ccccc3)C2=O)c1. The molecule has 1 aliphatic heterocycles. The summed E-state index contributed by atoms with van der Waals surface area (Å²) in [7, 11) is 4.58. The zero-order chi connectivity index (χ0) is 24.2. The van der Waals surface area contributed by atoms with Crippen molar-refractivity contribution in [3.63, 3.8) is 0 Å². The molecule has 0 radical (unpaired) electrons. The van der Waals surface area contributed by atoms with Crippen molar-refractivity contribution in [3.05, 3.63) is 75.9 Å². The van der Waals surface area contributed by atoms with E-state index in [1.165, 1.54) is 23.7 Å². The van der Waals surface area contributed by atoms with Crippen LogP contribution in [0.5, 0.6) is 11.5 Å². The average molecular weight is 482 g/mol. The quantitative estimate of drug-likeness (QED) is 0.312. The van der Waals surface area contributed by atoms with E-state index in [-0.39, 0.29) is 23.1 Å². The number of para-hydroxylation sites is 1. The van der Waals surface area contributed by atoms with Gasteiger partial charge in [-0.25, -0.2) is 9.79 Å². The number of aromatic nitrogens is 2. The molecule has 0 bridgehead atoms. The first kappa shape index (κ1) is 23.1. The Morgan fingerprint density at radius 2 is 1.94 bits per heavy atom. The number of methoxy groups -OCH3 is 2. The predicted octanol–water partition coefficient (Wildman–Crippen LogP) is 2.17. The number of carbonyl (C=O) groups excluding carboxylic acids is 2. The number of ketones is 1. The average Bonchev–Trinajstić information content (AvgIpc) is 3.35. The van der Waals surface area contributed by atoms with E-state index in [1.807, 2.05) is 6.07 Å². The third-order valence-electron chi connectivity index (χ3n) is 4.97. The Kier molecular flexibility index (Phi) is 6.64. The zero-order valence-electron chi connectivity index (χ0n) is 18.6.